The van der Waals surface area contributed by atoms with Crippen LogP contribution in [0.3, 0.4) is 0 Å². The van der Waals surface area contributed by atoms with Crippen LogP contribution in [0.25, 0.3) is 5.69 Å². The second kappa shape index (κ2) is 6.10. The van der Waals surface area contributed by atoms with Crippen molar-refractivity contribution in [3.05, 3.63) is 36.7 Å². The molecule has 1 aromatic heterocycles. The van der Waals surface area contributed by atoms with Gasteiger partial charge in [0.15, 0.2) is 5.82 Å². The van der Waals surface area contributed by atoms with Gasteiger partial charge in [-0.2, -0.15) is 5.10 Å². The fourth-order valence-electron chi connectivity index (χ4n) is 3.01. The number of amides is 1. The van der Waals surface area contributed by atoms with Crippen molar-refractivity contribution in [2.24, 2.45) is 11.3 Å². The predicted octanol–water partition coefficient (Wildman–Crippen LogP) is 3.56. The topological polar surface area (TPSA) is 59.8 Å². The molecule has 1 saturated carbocycles. The van der Waals surface area contributed by atoms with Crippen molar-refractivity contribution in [3.8, 4) is 5.69 Å². The van der Waals surface area contributed by atoms with E-state index >= 15 is 0 Å². The molecule has 1 aromatic carbocycles. The minimum absolute atomic E-state index is 0.0149. The van der Waals surface area contributed by atoms with Gasteiger partial charge in [0, 0.05) is 11.6 Å². The third-order valence-corrected chi connectivity index (χ3v) is 4.59. The van der Waals surface area contributed by atoms with Crippen LogP contribution in [0.15, 0.2) is 30.9 Å². The Morgan fingerprint density at radius 3 is 2.70 bits per heavy atom. The fraction of sp³-hybridized carbons (Fsp3) is 0.471. The van der Waals surface area contributed by atoms with E-state index in [2.05, 4.69) is 29.2 Å². The zero-order valence-electron chi connectivity index (χ0n) is 13.4. The van der Waals surface area contributed by atoms with Crippen LogP contribution in [0.5, 0.6) is 0 Å². The van der Waals surface area contributed by atoms with Crippen molar-refractivity contribution >= 4 is 11.6 Å². The number of aromatic nitrogens is 3. The summed E-state index contributed by atoms with van der Waals surface area (Å²) in [5, 5.41) is 6.73. The fourth-order valence-corrected chi connectivity index (χ4v) is 3.01. The zero-order chi connectivity index (χ0) is 16.4. The number of carbonyl (C=O) groups is 1. The first-order valence-corrected chi connectivity index (χ1v) is 7.90. The molecule has 1 aliphatic rings. The van der Waals surface area contributed by atoms with Crippen LogP contribution in [0.2, 0.25) is 0 Å². The normalized spacial score (nSPS) is 17.9. The summed E-state index contributed by atoms with van der Waals surface area (Å²) in [4.78, 5) is 16.1. The van der Waals surface area contributed by atoms with E-state index in [9.17, 15) is 9.18 Å². The Balaban J connectivity index is 1.66. The summed E-state index contributed by atoms with van der Waals surface area (Å²) in [5.74, 6) is -0.451. The lowest BCUT2D eigenvalue weighted by Gasteiger charge is -2.33. The Kier molecular flexibility index (Phi) is 4.15. The van der Waals surface area contributed by atoms with Crippen LogP contribution < -0.4 is 5.32 Å². The molecule has 2 aromatic rings. The van der Waals surface area contributed by atoms with E-state index in [0.717, 1.165) is 25.7 Å². The molecule has 23 heavy (non-hydrogen) atoms. The van der Waals surface area contributed by atoms with Crippen LogP contribution in [-0.4, -0.2) is 20.7 Å². The first kappa shape index (κ1) is 15.6. The maximum Gasteiger partial charge on any atom is 0.227 e. The molecule has 5 nitrogen and oxygen atoms in total. The number of halogens is 1. The largest absolute Gasteiger partial charge is 0.326 e. The monoisotopic (exact) mass is 316 g/mol. The van der Waals surface area contributed by atoms with E-state index in [-0.39, 0.29) is 11.8 Å². The molecule has 6 heteroatoms. The van der Waals surface area contributed by atoms with E-state index in [1.165, 1.54) is 23.4 Å². The van der Waals surface area contributed by atoms with E-state index in [0.29, 0.717) is 16.8 Å². The molecule has 122 valence electrons. The van der Waals surface area contributed by atoms with E-state index in [1.54, 1.807) is 12.1 Å². The smallest absolute Gasteiger partial charge is 0.227 e. The van der Waals surface area contributed by atoms with Gasteiger partial charge < -0.3 is 5.32 Å². The number of carbonyl (C=O) groups excluding carboxylic acids is 1. The number of nitrogens with one attached hydrogen (secondary N) is 1. The van der Waals surface area contributed by atoms with Gasteiger partial charge in [-0.25, -0.2) is 14.1 Å². The van der Waals surface area contributed by atoms with Crippen LogP contribution >= 0.6 is 0 Å². The van der Waals surface area contributed by atoms with Crippen molar-refractivity contribution in [3.63, 3.8) is 0 Å². The van der Waals surface area contributed by atoms with Crippen LogP contribution in [0, 0.1) is 17.2 Å². The van der Waals surface area contributed by atoms with Gasteiger partial charge in [0.05, 0.1) is 0 Å². The SMILES string of the molecule is CC1(C)CCC(C(=O)Nc2ccc(-n3cncn3)c(F)c2)CC1. The lowest BCUT2D eigenvalue weighted by Crippen LogP contribution is -2.30. The number of benzene rings is 1. The molecule has 0 radical (unpaired) electrons. The van der Waals surface area contributed by atoms with Gasteiger partial charge in [0.1, 0.15) is 18.3 Å². The Bertz CT molecular complexity index is 687. The van der Waals surface area contributed by atoms with Gasteiger partial charge >= 0.3 is 0 Å². The van der Waals surface area contributed by atoms with Gasteiger partial charge in [-0.3, -0.25) is 4.79 Å². The molecule has 0 atom stereocenters. The third-order valence-electron chi connectivity index (χ3n) is 4.59. The molecule has 0 unspecified atom stereocenters. The second-order valence-corrected chi connectivity index (χ2v) is 6.93. The lowest BCUT2D eigenvalue weighted by molar-refractivity contribution is -0.121. The Hall–Kier alpha value is -2.24. The van der Waals surface area contributed by atoms with Crippen LogP contribution in [0.1, 0.15) is 39.5 Å². The summed E-state index contributed by atoms with van der Waals surface area (Å²) < 4.78 is 15.5. The Morgan fingerprint density at radius 2 is 2.09 bits per heavy atom. The zero-order valence-corrected chi connectivity index (χ0v) is 13.4. The highest BCUT2D eigenvalue weighted by Gasteiger charge is 2.30. The number of nitrogens with zero attached hydrogens (tertiary/aromatic N) is 3. The van der Waals surface area contributed by atoms with E-state index < -0.39 is 5.82 Å². The molecule has 0 spiro atoms. The van der Waals surface area contributed by atoms with Crippen molar-refractivity contribution in [2.75, 3.05) is 5.32 Å². The molecule has 1 amide bonds. The average Bonchev–Trinajstić information content (AvgIpc) is 3.01. The first-order chi connectivity index (χ1) is 10.9. The van der Waals surface area contributed by atoms with Gasteiger partial charge in [0.2, 0.25) is 5.91 Å². The highest BCUT2D eigenvalue weighted by atomic mass is 19.1. The maximum absolute atomic E-state index is 14.2. The van der Waals surface area contributed by atoms with Gasteiger partial charge in [-0.1, -0.05) is 13.8 Å². The van der Waals surface area contributed by atoms with Crippen LogP contribution in [-0.2, 0) is 4.79 Å². The van der Waals surface area contributed by atoms with Gasteiger partial charge in [-0.15, -0.1) is 0 Å². The average molecular weight is 316 g/mol. The molecule has 1 N–H and O–H groups in total. The van der Waals surface area contributed by atoms with Gasteiger partial charge in [-0.05, 0) is 49.3 Å². The highest BCUT2D eigenvalue weighted by Crippen LogP contribution is 2.38. The number of rotatable bonds is 3. The molecule has 0 saturated heterocycles. The quantitative estimate of drug-likeness (QED) is 0.942. The van der Waals surface area contributed by atoms with Crippen LogP contribution in [0.4, 0.5) is 10.1 Å². The molecule has 1 heterocycles. The molecule has 1 aliphatic carbocycles. The summed E-state index contributed by atoms with van der Waals surface area (Å²) in [5.41, 5.74) is 1.10. The molecule has 1 fully saturated rings. The van der Waals surface area contributed by atoms with Crippen molar-refractivity contribution in [1.29, 1.82) is 0 Å². The Labute approximate surface area is 134 Å². The van der Waals surface area contributed by atoms with E-state index in [4.69, 9.17) is 0 Å². The van der Waals surface area contributed by atoms with Crippen molar-refractivity contribution < 1.29 is 9.18 Å². The minimum Gasteiger partial charge on any atom is -0.326 e. The number of hydrogen-bond donors (Lipinski definition) is 1. The summed E-state index contributed by atoms with van der Waals surface area (Å²) in [7, 11) is 0. The third kappa shape index (κ3) is 3.57. The lowest BCUT2D eigenvalue weighted by atomic mass is 9.73. The molecule has 3 rings (SSSR count). The summed E-state index contributed by atoms with van der Waals surface area (Å²) in [6, 6.07) is 4.59. The van der Waals surface area contributed by atoms with Crippen molar-refractivity contribution in [2.45, 2.75) is 39.5 Å². The standard InChI is InChI=1S/C17H21FN4O/c1-17(2)7-5-12(6-8-17)16(23)21-13-3-4-15(14(18)9-13)22-11-19-10-20-22/h3-4,9-12H,5-8H2,1-2H3,(H,21,23). The second-order valence-electron chi connectivity index (χ2n) is 6.93. The number of anilines is 1. The predicted molar refractivity (Wildman–Crippen MR) is 85.7 cm³/mol. The van der Waals surface area contributed by atoms with Gasteiger partial charge in [0.25, 0.3) is 0 Å². The summed E-state index contributed by atoms with van der Waals surface area (Å²) in [6.07, 6.45) is 6.65. The van der Waals surface area contributed by atoms with E-state index in [1.807, 2.05) is 0 Å². The molecular weight excluding hydrogens is 295 g/mol. The minimum atomic E-state index is -0.446. The maximum atomic E-state index is 14.2. The summed E-state index contributed by atoms with van der Waals surface area (Å²) in [6.45, 7) is 4.47. The molecule has 0 aliphatic heterocycles. The number of hydrogen-bond acceptors (Lipinski definition) is 3. The molecule has 0 bridgehead atoms. The highest BCUT2D eigenvalue weighted by molar-refractivity contribution is 5.92. The first-order valence-electron chi connectivity index (χ1n) is 7.90. The molecular formula is C17H21FN4O. The summed E-state index contributed by atoms with van der Waals surface area (Å²) >= 11 is 0. The van der Waals surface area contributed by atoms with Crippen molar-refractivity contribution in [1.82, 2.24) is 14.8 Å². The Morgan fingerprint density at radius 1 is 1.35 bits per heavy atom.